The van der Waals surface area contributed by atoms with Crippen LogP contribution in [0.2, 0.25) is 0 Å². The van der Waals surface area contributed by atoms with E-state index in [0.29, 0.717) is 13.0 Å². The fraction of sp³-hybridized carbons (Fsp3) is 0.769. The van der Waals surface area contributed by atoms with Gasteiger partial charge in [-0.1, -0.05) is 0 Å². The second kappa shape index (κ2) is 7.13. The van der Waals surface area contributed by atoms with Crippen LogP contribution in [0.5, 0.6) is 0 Å². The molecule has 0 aromatic rings. The van der Waals surface area contributed by atoms with Gasteiger partial charge < -0.3 is 20.4 Å². The molecule has 2 heterocycles. The number of nitrogens with one attached hydrogen (secondary N) is 1. The molecule has 0 saturated carbocycles. The Hall–Kier alpha value is -1.28. The number of thioether (sulfide) groups is 1. The number of carboxylic acids is 2. The standard InChI is InChI=1S/C13H20N2O5S/c16-11(5-8-7-21-4-2-14-8)15-3-1-9(12(17)18)10(6-15)13(19)20/h8-10,14H,1-7H2,(H,17,18)(H,19,20). The summed E-state index contributed by atoms with van der Waals surface area (Å²) >= 11 is 1.80. The smallest absolute Gasteiger partial charge is 0.309 e. The van der Waals surface area contributed by atoms with Gasteiger partial charge in [0.05, 0.1) is 11.8 Å². The third kappa shape index (κ3) is 4.10. The van der Waals surface area contributed by atoms with Crippen LogP contribution in [0.25, 0.3) is 0 Å². The summed E-state index contributed by atoms with van der Waals surface area (Å²) in [5.74, 6) is -2.35. The Bertz CT molecular complexity index is 425. The van der Waals surface area contributed by atoms with Crippen molar-refractivity contribution in [1.29, 1.82) is 0 Å². The first-order chi connectivity index (χ1) is 9.99. The van der Waals surface area contributed by atoms with Crippen LogP contribution in [0, 0.1) is 11.8 Å². The van der Waals surface area contributed by atoms with Gasteiger partial charge in [-0.25, -0.2) is 0 Å². The summed E-state index contributed by atoms with van der Waals surface area (Å²) in [6, 6.07) is 0.122. The summed E-state index contributed by atoms with van der Waals surface area (Å²) in [7, 11) is 0. The molecule has 0 spiro atoms. The maximum absolute atomic E-state index is 12.2. The predicted molar refractivity (Wildman–Crippen MR) is 77.2 cm³/mol. The quantitative estimate of drug-likeness (QED) is 0.654. The fourth-order valence-electron chi connectivity index (χ4n) is 2.82. The van der Waals surface area contributed by atoms with Crippen molar-refractivity contribution in [1.82, 2.24) is 10.2 Å². The van der Waals surface area contributed by atoms with Crippen molar-refractivity contribution in [2.45, 2.75) is 18.9 Å². The molecule has 3 atom stereocenters. The number of likely N-dealkylation sites (tertiary alicyclic amines) is 1. The van der Waals surface area contributed by atoms with E-state index in [0.717, 1.165) is 18.1 Å². The lowest BCUT2D eigenvalue weighted by atomic mass is 9.85. The SMILES string of the molecule is O=C(O)C1CCN(C(=O)CC2CSCCN2)CC1C(=O)O. The van der Waals surface area contributed by atoms with Crippen LogP contribution in [0.15, 0.2) is 0 Å². The first-order valence-electron chi connectivity index (χ1n) is 7.03. The van der Waals surface area contributed by atoms with Gasteiger partial charge in [-0.05, 0) is 6.42 Å². The summed E-state index contributed by atoms with van der Waals surface area (Å²) in [6.45, 7) is 1.19. The monoisotopic (exact) mass is 316 g/mol. The minimum absolute atomic E-state index is 0.00893. The molecule has 8 heteroatoms. The van der Waals surface area contributed by atoms with Gasteiger partial charge >= 0.3 is 11.9 Å². The molecule has 3 N–H and O–H groups in total. The van der Waals surface area contributed by atoms with E-state index in [-0.39, 0.29) is 24.9 Å². The van der Waals surface area contributed by atoms with E-state index < -0.39 is 23.8 Å². The van der Waals surface area contributed by atoms with Crippen LogP contribution in [-0.4, -0.2) is 70.1 Å². The number of carboxylic acid groups (broad SMARTS) is 2. The molecule has 2 aliphatic heterocycles. The lowest BCUT2D eigenvalue weighted by Gasteiger charge is -2.35. The highest BCUT2D eigenvalue weighted by molar-refractivity contribution is 7.99. The molecular formula is C13H20N2O5S. The summed E-state index contributed by atoms with van der Waals surface area (Å²) in [6.07, 6.45) is 0.544. The van der Waals surface area contributed by atoms with Gasteiger partial charge in [0.1, 0.15) is 0 Å². The molecule has 21 heavy (non-hydrogen) atoms. The number of amides is 1. The minimum atomic E-state index is -1.15. The van der Waals surface area contributed by atoms with E-state index in [1.54, 1.807) is 11.8 Å². The van der Waals surface area contributed by atoms with Gasteiger partial charge in [0, 0.05) is 43.6 Å². The Labute approximate surface area is 127 Å². The highest BCUT2D eigenvalue weighted by Gasteiger charge is 2.40. The lowest BCUT2D eigenvalue weighted by Crippen LogP contribution is -2.50. The van der Waals surface area contributed by atoms with Gasteiger partial charge in [0.2, 0.25) is 5.91 Å². The van der Waals surface area contributed by atoms with Gasteiger partial charge in [-0.2, -0.15) is 11.8 Å². The van der Waals surface area contributed by atoms with Crippen molar-refractivity contribution in [3.8, 4) is 0 Å². The van der Waals surface area contributed by atoms with Gasteiger partial charge in [-0.3, -0.25) is 14.4 Å². The Morgan fingerprint density at radius 3 is 2.48 bits per heavy atom. The Morgan fingerprint density at radius 1 is 1.19 bits per heavy atom. The van der Waals surface area contributed by atoms with E-state index >= 15 is 0 Å². The zero-order chi connectivity index (χ0) is 15.4. The van der Waals surface area contributed by atoms with Crippen molar-refractivity contribution in [2.75, 3.05) is 31.1 Å². The second-order valence-electron chi connectivity index (χ2n) is 5.45. The van der Waals surface area contributed by atoms with Gasteiger partial charge in [0.25, 0.3) is 0 Å². The molecule has 0 aromatic heterocycles. The highest BCUT2D eigenvalue weighted by Crippen LogP contribution is 2.25. The van der Waals surface area contributed by atoms with Crippen molar-refractivity contribution >= 4 is 29.6 Å². The van der Waals surface area contributed by atoms with Gasteiger partial charge in [-0.15, -0.1) is 0 Å². The average Bonchev–Trinajstić information content (AvgIpc) is 2.47. The first-order valence-corrected chi connectivity index (χ1v) is 8.19. The number of hydrogen-bond acceptors (Lipinski definition) is 5. The topological polar surface area (TPSA) is 107 Å². The largest absolute Gasteiger partial charge is 0.481 e. The van der Waals surface area contributed by atoms with Crippen molar-refractivity contribution < 1.29 is 24.6 Å². The predicted octanol–water partition coefficient (Wildman–Crippen LogP) is -0.285. The molecule has 2 fully saturated rings. The number of carbonyl (C=O) groups is 3. The second-order valence-corrected chi connectivity index (χ2v) is 6.60. The van der Waals surface area contributed by atoms with Crippen molar-refractivity contribution in [3.63, 3.8) is 0 Å². The van der Waals surface area contributed by atoms with Gasteiger partial charge in [0.15, 0.2) is 0 Å². The molecule has 3 unspecified atom stereocenters. The fourth-order valence-corrected chi connectivity index (χ4v) is 3.76. The van der Waals surface area contributed by atoms with E-state index in [9.17, 15) is 14.4 Å². The Balaban J connectivity index is 1.93. The number of piperidine rings is 1. The molecule has 7 nitrogen and oxygen atoms in total. The Morgan fingerprint density at radius 2 is 1.90 bits per heavy atom. The normalized spacial score (nSPS) is 29.9. The van der Waals surface area contributed by atoms with Crippen molar-refractivity contribution in [3.05, 3.63) is 0 Å². The van der Waals surface area contributed by atoms with Crippen molar-refractivity contribution in [2.24, 2.45) is 11.8 Å². The van der Waals surface area contributed by atoms with E-state index in [2.05, 4.69) is 5.32 Å². The highest BCUT2D eigenvalue weighted by atomic mass is 32.2. The third-order valence-corrected chi connectivity index (χ3v) is 5.15. The molecular weight excluding hydrogens is 296 g/mol. The van der Waals surface area contributed by atoms with Crippen LogP contribution in [0.4, 0.5) is 0 Å². The third-order valence-electron chi connectivity index (χ3n) is 4.02. The number of aliphatic carboxylic acids is 2. The molecule has 0 aromatic carbocycles. The molecule has 0 aliphatic carbocycles. The maximum Gasteiger partial charge on any atom is 0.309 e. The average molecular weight is 316 g/mol. The first kappa shape index (κ1) is 16.1. The summed E-state index contributed by atoms with van der Waals surface area (Å²) < 4.78 is 0. The number of carbonyl (C=O) groups excluding carboxylic acids is 1. The molecule has 0 bridgehead atoms. The number of nitrogens with zero attached hydrogens (tertiary/aromatic N) is 1. The van der Waals surface area contributed by atoms with Crippen LogP contribution in [-0.2, 0) is 14.4 Å². The maximum atomic E-state index is 12.2. The Kier molecular flexibility index (Phi) is 5.46. The molecule has 2 saturated heterocycles. The zero-order valence-corrected chi connectivity index (χ0v) is 12.5. The molecule has 2 rings (SSSR count). The number of rotatable bonds is 4. The summed E-state index contributed by atoms with van der Waals surface area (Å²) in [5, 5.41) is 21.5. The molecule has 0 radical (unpaired) electrons. The van der Waals surface area contributed by atoms with Crippen LogP contribution >= 0.6 is 11.8 Å². The van der Waals surface area contributed by atoms with E-state index in [1.165, 1.54) is 4.90 Å². The van der Waals surface area contributed by atoms with Crippen LogP contribution in [0.1, 0.15) is 12.8 Å². The molecule has 2 aliphatic rings. The van der Waals surface area contributed by atoms with Crippen LogP contribution < -0.4 is 5.32 Å². The molecule has 1 amide bonds. The van der Waals surface area contributed by atoms with E-state index in [4.69, 9.17) is 10.2 Å². The van der Waals surface area contributed by atoms with E-state index in [1.807, 2.05) is 0 Å². The summed E-state index contributed by atoms with van der Waals surface area (Å²) in [5.41, 5.74) is 0. The molecule has 118 valence electrons. The lowest BCUT2D eigenvalue weighted by molar-refractivity contribution is -0.159. The minimum Gasteiger partial charge on any atom is -0.481 e. The zero-order valence-electron chi connectivity index (χ0n) is 11.7. The summed E-state index contributed by atoms with van der Waals surface area (Å²) in [4.78, 5) is 36.0. The van der Waals surface area contributed by atoms with Crippen LogP contribution in [0.3, 0.4) is 0 Å². The number of hydrogen-bond donors (Lipinski definition) is 3.